The van der Waals surface area contributed by atoms with E-state index in [0.717, 1.165) is 18.2 Å². The minimum absolute atomic E-state index is 0.195. The number of hydrogen-bond acceptors (Lipinski definition) is 2. The largest absolute Gasteiger partial charge is 0.481 e. The van der Waals surface area contributed by atoms with Gasteiger partial charge in [-0.25, -0.2) is 0 Å². The molecule has 0 aliphatic rings. The van der Waals surface area contributed by atoms with Gasteiger partial charge in [0.05, 0.1) is 18.1 Å². The molecule has 17 heavy (non-hydrogen) atoms. The number of hydrogen-bond donors (Lipinski definition) is 2. The van der Waals surface area contributed by atoms with Crippen LogP contribution in [-0.2, 0) is 11.0 Å². The molecule has 0 fully saturated rings. The Bertz CT molecular complexity index is 426. The lowest BCUT2D eigenvalue weighted by atomic mass is 9.99. The SMILES string of the molecule is Cc1cc(C(F)(F)F)ccc1[C@@H](O)CC(=O)O. The minimum Gasteiger partial charge on any atom is -0.481 e. The van der Waals surface area contributed by atoms with Gasteiger partial charge in [-0.05, 0) is 30.2 Å². The quantitative estimate of drug-likeness (QED) is 0.864. The third-order valence-corrected chi connectivity index (χ3v) is 2.32. The van der Waals surface area contributed by atoms with Crippen molar-refractivity contribution in [2.24, 2.45) is 0 Å². The number of aryl methyl sites for hydroxylation is 1. The molecule has 0 saturated carbocycles. The molecule has 0 radical (unpaired) electrons. The summed E-state index contributed by atoms with van der Waals surface area (Å²) in [6.45, 7) is 1.40. The zero-order valence-electron chi connectivity index (χ0n) is 8.95. The van der Waals surface area contributed by atoms with Crippen LogP contribution in [0.3, 0.4) is 0 Å². The fraction of sp³-hybridized carbons (Fsp3) is 0.364. The van der Waals surface area contributed by atoms with Gasteiger partial charge in [-0.15, -0.1) is 0 Å². The van der Waals surface area contributed by atoms with Gasteiger partial charge in [0.2, 0.25) is 0 Å². The minimum atomic E-state index is -4.44. The van der Waals surface area contributed by atoms with Gasteiger partial charge in [-0.3, -0.25) is 4.79 Å². The van der Waals surface area contributed by atoms with E-state index in [2.05, 4.69) is 0 Å². The van der Waals surface area contributed by atoms with E-state index in [1.165, 1.54) is 6.92 Å². The lowest BCUT2D eigenvalue weighted by Gasteiger charge is -2.14. The van der Waals surface area contributed by atoms with E-state index in [1.807, 2.05) is 0 Å². The highest BCUT2D eigenvalue weighted by Gasteiger charge is 2.31. The number of rotatable bonds is 3. The number of carboxylic acids is 1. The summed E-state index contributed by atoms with van der Waals surface area (Å²) in [7, 11) is 0. The molecule has 0 aliphatic carbocycles. The van der Waals surface area contributed by atoms with Crippen LogP contribution in [0.5, 0.6) is 0 Å². The Balaban J connectivity index is 3.02. The molecule has 0 unspecified atom stereocenters. The normalized spacial score (nSPS) is 13.5. The monoisotopic (exact) mass is 248 g/mol. The highest BCUT2D eigenvalue weighted by molar-refractivity contribution is 5.67. The van der Waals surface area contributed by atoms with Crippen LogP contribution in [0.25, 0.3) is 0 Å². The molecule has 3 nitrogen and oxygen atoms in total. The van der Waals surface area contributed by atoms with Gasteiger partial charge in [0, 0.05) is 0 Å². The topological polar surface area (TPSA) is 57.5 Å². The molecule has 1 aromatic rings. The molecule has 0 saturated heterocycles. The van der Waals surface area contributed by atoms with E-state index in [9.17, 15) is 23.1 Å². The molecule has 0 amide bonds. The van der Waals surface area contributed by atoms with Crippen LogP contribution in [0.2, 0.25) is 0 Å². The Morgan fingerprint density at radius 1 is 1.41 bits per heavy atom. The maximum atomic E-state index is 12.4. The van der Waals surface area contributed by atoms with Gasteiger partial charge in [0.25, 0.3) is 0 Å². The number of aliphatic hydroxyl groups is 1. The average Bonchev–Trinajstić information content (AvgIpc) is 2.14. The van der Waals surface area contributed by atoms with E-state index in [4.69, 9.17) is 5.11 Å². The summed E-state index contributed by atoms with van der Waals surface area (Å²) in [5, 5.41) is 18.0. The first kappa shape index (κ1) is 13.5. The molecule has 0 bridgehead atoms. The average molecular weight is 248 g/mol. The lowest BCUT2D eigenvalue weighted by molar-refractivity contribution is -0.140. The van der Waals surface area contributed by atoms with Gasteiger partial charge in [-0.2, -0.15) is 13.2 Å². The van der Waals surface area contributed by atoms with Gasteiger partial charge in [-0.1, -0.05) is 6.07 Å². The maximum Gasteiger partial charge on any atom is 0.416 e. The fourth-order valence-electron chi connectivity index (χ4n) is 1.50. The molecule has 0 heterocycles. The summed E-state index contributed by atoms with van der Waals surface area (Å²) in [6.07, 6.45) is -6.28. The van der Waals surface area contributed by atoms with Crippen molar-refractivity contribution in [1.82, 2.24) is 0 Å². The van der Waals surface area contributed by atoms with Gasteiger partial charge in [0.1, 0.15) is 0 Å². The number of aliphatic hydroxyl groups excluding tert-OH is 1. The Labute approximate surface area is 95.5 Å². The number of carboxylic acid groups (broad SMARTS) is 1. The van der Waals surface area contributed by atoms with Crippen molar-refractivity contribution in [2.75, 3.05) is 0 Å². The zero-order chi connectivity index (χ0) is 13.2. The third-order valence-electron chi connectivity index (χ3n) is 2.32. The van der Waals surface area contributed by atoms with Crippen LogP contribution in [-0.4, -0.2) is 16.2 Å². The summed E-state index contributed by atoms with van der Waals surface area (Å²) < 4.78 is 37.1. The summed E-state index contributed by atoms with van der Waals surface area (Å²) in [4.78, 5) is 10.4. The summed E-state index contributed by atoms with van der Waals surface area (Å²) in [5.74, 6) is -1.21. The van der Waals surface area contributed by atoms with Crippen LogP contribution in [0, 0.1) is 6.92 Å². The smallest absolute Gasteiger partial charge is 0.416 e. The summed E-state index contributed by atoms with van der Waals surface area (Å²) in [6, 6.07) is 2.82. The summed E-state index contributed by atoms with van der Waals surface area (Å²) >= 11 is 0. The predicted molar refractivity (Wildman–Crippen MR) is 53.4 cm³/mol. The number of carbonyl (C=O) groups is 1. The van der Waals surface area contributed by atoms with Crippen molar-refractivity contribution in [1.29, 1.82) is 0 Å². The van der Waals surface area contributed by atoms with Crippen LogP contribution >= 0.6 is 0 Å². The molecule has 2 N–H and O–H groups in total. The molecule has 0 spiro atoms. The van der Waals surface area contributed by atoms with Crippen molar-refractivity contribution < 1.29 is 28.2 Å². The van der Waals surface area contributed by atoms with E-state index in [0.29, 0.717) is 0 Å². The molecule has 0 aliphatic heterocycles. The summed E-state index contributed by atoms with van der Waals surface area (Å²) in [5.41, 5.74) is -0.407. The Hall–Kier alpha value is -1.56. The van der Waals surface area contributed by atoms with Crippen molar-refractivity contribution >= 4 is 5.97 Å². The first-order chi connectivity index (χ1) is 7.71. The van der Waals surface area contributed by atoms with Crippen LogP contribution in [0.1, 0.15) is 29.2 Å². The van der Waals surface area contributed by atoms with Gasteiger partial charge in [0.15, 0.2) is 0 Å². The Kier molecular flexibility index (Phi) is 3.77. The number of benzene rings is 1. The molecule has 6 heteroatoms. The molecule has 1 aromatic carbocycles. The van der Waals surface area contributed by atoms with Crippen molar-refractivity contribution in [3.8, 4) is 0 Å². The highest BCUT2D eigenvalue weighted by Crippen LogP contribution is 2.32. The predicted octanol–water partition coefficient (Wildman–Crippen LogP) is 2.52. The fourth-order valence-corrected chi connectivity index (χ4v) is 1.50. The van der Waals surface area contributed by atoms with Crippen molar-refractivity contribution in [3.63, 3.8) is 0 Å². The zero-order valence-corrected chi connectivity index (χ0v) is 8.95. The van der Waals surface area contributed by atoms with Crippen LogP contribution in [0.4, 0.5) is 13.2 Å². The maximum absolute atomic E-state index is 12.4. The molecular weight excluding hydrogens is 237 g/mol. The molecular formula is C11H11F3O3. The van der Waals surface area contributed by atoms with E-state index >= 15 is 0 Å². The molecule has 1 atom stereocenters. The van der Waals surface area contributed by atoms with Crippen LogP contribution in [0.15, 0.2) is 18.2 Å². The Morgan fingerprint density at radius 3 is 2.41 bits per heavy atom. The second-order valence-corrected chi connectivity index (χ2v) is 3.68. The van der Waals surface area contributed by atoms with Gasteiger partial charge < -0.3 is 10.2 Å². The first-order valence-corrected chi connectivity index (χ1v) is 4.79. The van der Waals surface area contributed by atoms with Crippen molar-refractivity contribution in [3.05, 3.63) is 34.9 Å². The molecule has 94 valence electrons. The number of halogens is 3. The van der Waals surface area contributed by atoms with E-state index in [1.54, 1.807) is 0 Å². The first-order valence-electron chi connectivity index (χ1n) is 4.79. The molecule has 1 rings (SSSR count). The van der Waals surface area contributed by atoms with Crippen molar-refractivity contribution in [2.45, 2.75) is 25.6 Å². The highest BCUT2D eigenvalue weighted by atomic mass is 19.4. The second-order valence-electron chi connectivity index (χ2n) is 3.68. The van der Waals surface area contributed by atoms with Crippen LogP contribution < -0.4 is 0 Å². The second kappa shape index (κ2) is 4.75. The van der Waals surface area contributed by atoms with Gasteiger partial charge >= 0.3 is 12.1 Å². The third kappa shape index (κ3) is 3.45. The van der Waals surface area contributed by atoms with E-state index in [-0.39, 0.29) is 11.1 Å². The number of aliphatic carboxylic acids is 1. The number of alkyl halides is 3. The molecule has 0 aromatic heterocycles. The standard InChI is InChI=1S/C11H11F3O3/c1-6-4-7(11(12,13)14)2-3-8(6)9(15)5-10(16)17/h2-4,9,15H,5H2,1H3,(H,16,17)/t9-/m0/s1. The van der Waals surface area contributed by atoms with E-state index < -0.39 is 30.2 Å². The lowest BCUT2D eigenvalue weighted by Crippen LogP contribution is -2.09. The Morgan fingerprint density at radius 2 is 2.00 bits per heavy atom.